The monoisotopic (exact) mass is 110 g/mol. The van der Waals surface area contributed by atoms with Gasteiger partial charge in [0.25, 0.3) is 0 Å². The lowest BCUT2D eigenvalue weighted by Gasteiger charge is -1.76. The maximum Gasteiger partial charge on any atom is 0.0283 e. The highest BCUT2D eigenvalue weighted by molar-refractivity contribution is 5.93. The Balaban J connectivity index is 3.50. The van der Waals surface area contributed by atoms with Crippen LogP contribution in [0.1, 0.15) is 6.92 Å². The van der Waals surface area contributed by atoms with Gasteiger partial charge in [0.2, 0.25) is 0 Å². The fraction of sp³-hybridized carbons (Fsp3) is 0.333. The van der Waals surface area contributed by atoms with Gasteiger partial charge in [-0.25, -0.2) is 0 Å². The fourth-order valence-corrected chi connectivity index (χ4v) is 0.273. The Hall–Kier alpha value is -0.920. The van der Waals surface area contributed by atoms with E-state index in [0.717, 1.165) is 0 Å². The van der Waals surface area contributed by atoms with Gasteiger partial charge in [-0.1, -0.05) is 0 Å². The number of aliphatic imine (C=N–C) groups is 1. The number of hydrogen-bond acceptors (Lipinski definition) is 2. The van der Waals surface area contributed by atoms with E-state index in [4.69, 9.17) is 5.41 Å². The molecule has 0 rings (SSSR count). The summed E-state index contributed by atoms with van der Waals surface area (Å²) in [6, 6.07) is 0. The average molecular weight is 110 g/mol. The van der Waals surface area contributed by atoms with Crippen LogP contribution in [0.15, 0.2) is 17.1 Å². The lowest BCUT2D eigenvalue weighted by Crippen LogP contribution is -1.77. The highest BCUT2D eigenvalue weighted by Gasteiger charge is 1.69. The van der Waals surface area contributed by atoms with Gasteiger partial charge in [-0.3, -0.25) is 4.99 Å². The third-order valence-corrected chi connectivity index (χ3v) is 0.581. The highest BCUT2D eigenvalue weighted by atomic mass is 14.6. The van der Waals surface area contributed by atoms with Crippen molar-refractivity contribution in [1.29, 1.82) is 5.41 Å². The summed E-state index contributed by atoms with van der Waals surface area (Å²) in [5.41, 5.74) is 0.546. The van der Waals surface area contributed by atoms with Crippen LogP contribution < -0.4 is 0 Å². The molecule has 0 aromatic heterocycles. The molecule has 2 heteroatoms. The predicted octanol–water partition coefficient (Wildman–Crippen LogP) is 1.28. The Morgan fingerprint density at radius 1 is 1.62 bits per heavy atom. The Labute approximate surface area is 49.5 Å². The van der Waals surface area contributed by atoms with Crippen molar-refractivity contribution in [1.82, 2.24) is 0 Å². The van der Waals surface area contributed by atoms with Crippen molar-refractivity contribution in [3.05, 3.63) is 12.2 Å². The number of nitrogens with zero attached hydrogens (tertiary/aromatic N) is 1. The fourth-order valence-electron chi connectivity index (χ4n) is 0.273. The second-order valence-corrected chi connectivity index (χ2v) is 1.45. The van der Waals surface area contributed by atoms with E-state index in [9.17, 15) is 0 Å². The van der Waals surface area contributed by atoms with Crippen LogP contribution in [0.2, 0.25) is 0 Å². The summed E-state index contributed by atoms with van der Waals surface area (Å²) in [5, 5.41) is 6.92. The summed E-state index contributed by atoms with van der Waals surface area (Å²) in [6.07, 6.45) is 5.08. The topological polar surface area (TPSA) is 36.2 Å². The van der Waals surface area contributed by atoms with E-state index < -0.39 is 0 Å². The van der Waals surface area contributed by atoms with Gasteiger partial charge in [-0.15, -0.1) is 0 Å². The molecule has 0 aliphatic rings. The minimum atomic E-state index is 0.546. The van der Waals surface area contributed by atoms with Crippen molar-refractivity contribution in [2.24, 2.45) is 4.99 Å². The van der Waals surface area contributed by atoms with Gasteiger partial charge in [0.05, 0.1) is 0 Å². The molecule has 0 radical (unpaired) electrons. The second-order valence-electron chi connectivity index (χ2n) is 1.45. The number of allylic oxidation sites excluding steroid dienone is 2. The first-order valence-electron chi connectivity index (χ1n) is 2.41. The zero-order valence-corrected chi connectivity index (χ0v) is 5.18. The minimum absolute atomic E-state index is 0.546. The molecule has 0 saturated heterocycles. The maximum absolute atomic E-state index is 6.92. The maximum atomic E-state index is 6.92. The first kappa shape index (κ1) is 7.08. The lowest BCUT2D eigenvalue weighted by atomic mass is 10.4. The average Bonchev–Trinajstić information content (AvgIpc) is 1.66. The minimum Gasteiger partial charge on any atom is -0.306 e. The van der Waals surface area contributed by atoms with Crippen LogP contribution in [0, 0.1) is 5.41 Å². The molecule has 0 aromatic rings. The van der Waals surface area contributed by atoms with Crippen LogP contribution in [0.5, 0.6) is 0 Å². The van der Waals surface area contributed by atoms with Gasteiger partial charge in [0.1, 0.15) is 0 Å². The number of rotatable bonds is 2. The van der Waals surface area contributed by atoms with Crippen LogP contribution in [0.3, 0.4) is 0 Å². The van der Waals surface area contributed by atoms with Crippen molar-refractivity contribution in [2.75, 3.05) is 7.05 Å². The molecule has 44 valence electrons. The largest absolute Gasteiger partial charge is 0.306 e. The summed E-state index contributed by atoms with van der Waals surface area (Å²) in [6.45, 7) is 1.72. The number of hydrogen-bond donors (Lipinski definition) is 1. The molecule has 0 aromatic carbocycles. The molecule has 0 saturated carbocycles. The molecule has 0 unspecified atom stereocenters. The lowest BCUT2D eigenvalue weighted by molar-refractivity contribution is 1.47. The molecule has 0 fully saturated rings. The van der Waals surface area contributed by atoms with Gasteiger partial charge in [-0.2, -0.15) is 0 Å². The molecule has 0 bridgehead atoms. The molecule has 0 amide bonds. The van der Waals surface area contributed by atoms with Crippen molar-refractivity contribution in [2.45, 2.75) is 6.92 Å². The smallest absolute Gasteiger partial charge is 0.0283 e. The highest BCUT2D eigenvalue weighted by Crippen LogP contribution is 1.71. The van der Waals surface area contributed by atoms with Crippen molar-refractivity contribution < 1.29 is 0 Å². The van der Waals surface area contributed by atoms with E-state index in [2.05, 4.69) is 4.99 Å². The predicted molar refractivity (Wildman–Crippen MR) is 37.0 cm³/mol. The Bertz CT molecular complexity index is 122. The van der Waals surface area contributed by atoms with Crippen LogP contribution in [0.4, 0.5) is 0 Å². The van der Waals surface area contributed by atoms with E-state index in [-0.39, 0.29) is 0 Å². The van der Waals surface area contributed by atoms with E-state index in [1.54, 1.807) is 32.3 Å². The Kier molecular flexibility index (Phi) is 3.76. The van der Waals surface area contributed by atoms with Gasteiger partial charge in [0, 0.05) is 19.0 Å². The van der Waals surface area contributed by atoms with Crippen molar-refractivity contribution >= 4 is 11.9 Å². The van der Waals surface area contributed by atoms with Gasteiger partial charge in [0.15, 0.2) is 0 Å². The Morgan fingerprint density at radius 2 is 2.25 bits per heavy atom. The standard InChI is InChI=1S/C6H10N2/c1-6(7)4-3-5-8-2/h3-5,7H,1-2H3/b4-3-,7-6?,8-5?. The molecular formula is C6H10N2. The summed E-state index contributed by atoms with van der Waals surface area (Å²) < 4.78 is 0. The van der Waals surface area contributed by atoms with Crippen LogP contribution in [0.25, 0.3) is 0 Å². The zero-order chi connectivity index (χ0) is 6.41. The van der Waals surface area contributed by atoms with E-state index >= 15 is 0 Å². The van der Waals surface area contributed by atoms with Crippen molar-refractivity contribution in [3.63, 3.8) is 0 Å². The van der Waals surface area contributed by atoms with Crippen molar-refractivity contribution in [3.8, 4) is 0 Å². The first-order chi connectivity index (χ1) is 3.77. The first-order valence-corrected chi connectivity index (χ1v) is 2.41. The summed E-state index contributed by atoms with van der Waals surface area (Å²) in [7, 11) is 1.70. The molecule has 2 nitrogen and oxygen atoms in total. The van der Waals surface area contributed by atoms with Crippen LogP contribution in [-0.2, 0) is 0 Å². The van der Waals surface area contributed by atoms with Crippen LogP contribution in [-0.4, -0.2) is 19.0 Å². The van der Waals surface area contributed by atoms with E-state index in [1.165, 1.54) is 0 Å². The van der Waals surface area contributed by atoms with Gasteiger partial charge >= 0.3 is 0 Å². The molecular weight excluding hydrogens is 100 g/mol. The molecule has 0 aliphatic heterocycles. The van der Waals surface area contributed by atoms with E-state index in [1.807, 2.05) is 0 Å². The number of nitrogens with one attached hydrogen (secondary N) is 1. The van der Waals surface area contributed by atoms with Crippen LogP contribution >= 0.6 is 0 Å². The summed E-state index contributed by atoms with van der Waals surface area (Å²) in [5.74, 6) is 0. The van der Waals surface area contributed by atoms with Gasteiger partial charge in [-0.05, 0) is 19.1 Å². The summed E-state index contributed by atoms with van der Waals surface area (Å²) in [4.78, 5) is 3.70. The molecule has 8 heavy (non-hydrogen) atoms. The molecule has 0 heterocycles. The molecule has 1 N–H and O–H groups in total. The normalized spacial score (nSPS) is 11.2. The third kappa shape index (κ3) is 5.08. The third-order valence-electron chi connectivity index (χ3n) is 0.581. The molecule has 0 atom stereocenters. The summed E-state index contributed by atoms with van der Waals surface area (Å²) >= 11 is 0. The molecule has 0 spiro atoms. The second kappa shape index (κ2) is 4.24. The van der Waals surface area contributed by atoms with E-state index in [0.29, 0.717) is 5.71 Å². The zero-order valence-electron chi connectivity index (χ0n) is 5.18. The quantitative estimate of drug-likeness (QED) is 0.520. The van der Waals surface area contributed by atoms with Gasteiger partial charge < -0.3 is 5.41 Å². The SMILES string of the molecule is CN=C/C=C\C(C)=N. The Morgan fingerprint density at radius 3 is 2.62 bits per heavy atom. The molecule has 0 aliphatic carbocycles.